The molecule has 0 heterocycles. The first-order valence-electron chi connectivity index (χ1n) is 6.94. The second kappa shape index (κ2) is 7.03. The monoisotopic (exact) mass is 390 g/mol. The molecule has 6 nitrogen and oxygen atoms in total. The molecule has 0 saturated heterocycles. The van der Waals surface area contributed by atoms with E-state index in [1.54, 1.807) is 0 Å². The summed E-state index contributed by atoms with van der Waals surface area (Å²) in [6.45, 7) is 2.82. The number of hydrogen-bond acceptors (Lipinski definition) is 4. The van der Waals surface area contributed by atoms with Crippen LogP contribution in [0.1, 0.15) is 24.1 Å². The summed E-state index contributed by atoms with van der Waals surface area (Å²) in [5.74, 6) is -2.17. The molecule has 1 N–H and O–H groups in total. The molecule has 0 spiro atoms. The van der Waals surface area contributed by atoms with Gasteiger partial charge < -0.3 is 0 Å². The van der Waals surface area contributed by atoms with E-state index in [9.17, 15) is 27.3 Å². The molecule has 0 aliphatic rings. The van der Waals surface area contributed by atoms with Crippen molar-refractivity contribution in [1.29, 1.82) is 0 Å². The van der Waals surface area contributed by atoms with Crippen LogP contribution < -0.4 is 4.72 Å². The van der Waals surface area contributed by atoms with E-state index >= 15 is 0 Å². The summed E-state index contributed by atoms with van der Waals surface area (Å²) in [4.78, 5) is 9.88. The van der Waals surface area contributed by atoms with Gasteiger partial charge in [0.15, 0.2) is 11.6 Å². The van der Waals surface area contributed by atoms with Gasteiger partial charge in [0.2, 0.25) is 10.0 Å². The van der Waals surface area contributed by atoms with Crippen molar-refractivity contribution < 1.29 is 22.1 Å². The van der Waals surface area contributed by atoms with E-state index < -0.39 is 43.2 Å². The minimum Gasteiger partial charge on any atom is -0.258 e. The van der Waals surface area contributed by atoms with Gasteiger partial charge in [-0.05, 0) is 37.6 Å². The van der Waals surface area contributed by atoms with E-state index in [1.807, 2.05) is 0 Å². The van der Waals surface area contributed by atoms with Crippen molar-refractivity contribution in [2.24, 2.45) is 0 Å². The summed E-state index contributed by atoms with van der Waals surface area (Å²) in [5, 5.41) is 10.9. The molecule has 0 bridgehead atoms. The first-order valence-corrected chi connectivity index (χ1v) is 8.81. The Hall–Kier alpha value is -2.10. The number of nitro groups is 1. The topological polar surface area (TPSA) is 89.3 Å². The van der Waals surface area contributed by atoms with Gasteiger partial charge in [0.05, 0.1) is 14.8 Å². The molecule has 10 heteroatoms. The summed E-state index contributed by atoms with van der Waals surface area (Å²) in [6, 6.07) is 4.05. The molecule has 134 valence electrons. The van der Waals surface area contributed by atoms with Crippen LogP contribution in [0.2, 0.25) is 5.02 Å². The smallest absolute Gasteiger partial charge is 0.258 e. The Labute approximate surface area is 147 Å². The number of benzene rings is 2. The van der Waals surface area contributed by atoms with Gasteiger partial charge in [-0.15, -0.1) is 0 Å². The zero-order valence-corrected chi connectivity index (χ0v) is 14.7. The molecule has 0 fully saturated rings. The zero-order chi connectivity index (χ0) is 18.9. The van der Waals surface area contributed by atoms with Crippen LogP contribution in [0.4, 0.5) is 14.5 Å². The van der Waals surface area contributed by atoms with E-state index in [4.69, 9.17) is 11.6 Å². The van der Waals surface area contributed by atoms with Crippen LogP contribution in [0.15, 0.2) is 35.2 Å². The highest BCUT2D eigenvalue weighted by molar-refractivity contribution is 7.89. The normalized spacial score (nSPS) is 12.8. The van der Waals surface area contributed by atoms with Gasteiger partial charge in [-0.2, -0.15) is 0 Å². The zero-order valence-electron chi connectivity index (χ0n) is 13.1. The number of rotatable bonds is 5. The van der Waals surface area contributed by atoms with Crippen molar-refractivity contribution in [2.45, 2.75) is 24.8 Å². The van der Waals surface area contributed by atoms with Gasteiger partial charge >= 0.3 is 0 Å². The van der Waals surface area contributed by atoms with E-state index in [2.05, 4.69) is 4.72 Å². The maximum absolute atomic E-state index is 13.3. The second-order valence-corrected chi connectivity index (χ2v) is 7.44. The van der Waals surface area contributed by atoms with Crippen molar-refractivity contribution in [1.82, 2.24) is 4.72 Å². The molecule has 0 aromatic heterocycles. The lowest BCUT2D eigenvalue weighted by Gasteiger charge is -2.15. The Morgan fingerprint density at radius 1 is 1.20 bits per heavy atom. The summed E-state index contributed by atoms with van der Waals surface area (Å²) >= 11 is 5.87. The van der Waals surface area contributed by atoms with Crippen molar-refractivity contribution in [3.63, 3.8) is 0 Å². The summed E-state index contributed by atoms with van der Waals surface area (Å²) in [5.41, 5.74) is -0.109. The van der Waals surface area contributed by atoms with Gasteiger partial charge in [0, 0.05) is 17.7 Å². The third kappa shape index (κ3) is 4.12. The molecular weight excluding hydrogens is 378 g/mol. The van der Waals surface area contributed by atoms with Crippen LogP contribution in [0.5, 0.6) is 0 Å². The highest BCUT2D eigenvalue weighted by Crippen LogP contribution is 2.30. The van der Waals surface area contributed by atoms with Crippen LogP contribution in [0, 0.1) is 28.7 Å². The van der Waals surface area contributed by atoms with E-state index in [1.165, 1.54) is 19.9 Å². The predicted octanol–water partition coefficient (Wildman–Crippen LogP) is 3.87. The number of halogens is 3. The van der Waals surface area contributed by atoms with Crippen LogP contribution in [0.3, 0.4) is 0 Å². The fraction of sp³-hybridized carbons (Fsp3) is 0.200. The molecule has 2 aromatic carbocycles. The predicted molar refractivity (Wildman–Crippen MR) is 87.9 cm³/mol. The number of hydrogen-bond donors (Lipinski definition) is 1. The SMILES string of the molecule is Cc1c(Cl)cc(S(=O)(=O)NC(C)c2ccc(F)c(F)c2)cc1[N+](=O)[O-]. The maximum Gasteiger partial charge on any atom is 0.275 e. The molecule has 0 radical (unpaired) electrons. The maximum atomic E-state index is 13.3. The highest BCUT2D eigenvalue weighted by atomic mass is 35.5. The first kappa shape index (κ1) is 19.2. The highest BCUT2D eigenvalue weighted by Gasteiger charge is 2.24. The van der Waals surface area contributed by atoms with Crippen LogP contribution >= 0.6 is 11.6 Å². The van der Waals surface area contributed by atoms with Crippen molar-refractivity contribution >= 4 is 27.3 Å². The van der Waals surface area contributed by atoms with Gasteiger partial charge in [-0.1, -0.05) is 17.7 Å². The lowest BCUT2D eigenvalue weighted by Crippen LogP contribution is -2.27. The molecule has 2 aromatic rings. The Morgan fingerprint density at radius 3 is 2.40 bits per heavy atom. The summed E-state index contributed by atoms with van der Waals surface area (Å²) in [6.07, 6.45) is 0. The van der Waals surface area contributed by atoms with Gasteiger partial charge in [-0.3, -0.25) is 10.1 Å². The van der Waals surface area contributed by atoms with Gasteiger partial charge in [0.1, 0.15) is 0 Å². The number of nitrogens with one attached hydrogen (secondary N) is 1. The third-order valence-corrected chi connectivity index (χ3v) is 5.49. The fourth-order valence-electron chi connectivity index (χ4n) is 2.14. The van der Waals surface area contributed by atoms with Crippen LogP contribution in [-0.4, -0.2) is 13.3 Å². The molecule has 25 heavy (non-hydrogen) atoms. The largest absolute Gasteiger partial charge is 0.275 e. The van der Waals surface area contributed by atoms with Crippen molar-refractivity contribution in [2.75, 3.05) is 0 Å². The summed E-state index contributed by atoms with van der Waals surface area (Å²) in [7, 11) is -4.18. The molecule has 0 saturated carbocycles. The Morgan fingerprint density at radius 2 is 1.84 bits per heavy atom. The number of nitrogens with zero attached hydrogens (tertiary/aromatic N) is 1. The van der Waals surface area contributed by atoms with Crippen molar-refractivity contribution in [3.05, 3.63) is 68.2 Å². The van der Waals surface area contributed by atoms with Crippen LogP contribution in [0.25, 0.3) is 0 Å². The summed E-state index contributed by atoms with van der Waals surface area (Å²) < 4.78 is 53.4. The second-order valence-electron chi connectivity index (χ2n) is 5.32. The Balaban J connectivity index is 2.38. The lowest BCUT2D eigenvalue weighted by molar-refractivity contribution is -0.385. The molecule has 0 aliphatic carbocycles. The lowest BCUT2D eigenvalue weighted by atomic mass is 10.1. The van der Waals surface area contributed by atoms with E-state index in [-0.39, 0.29) is 16.1 Å². The molecule has 0 amide bonds. The average molecular weight is 391 g/mol. The van der Waals surface area contributed by atoms with E-state index in [0.717, 1.165) is 24.3 Å². The first-order chi connectivity index (χ1) is 11.5. The molecular formula is C15H13ClF2N2O4S. The molecule has 1 unspecified atom stereocenters. The number of sulfonamides is 1. The average Bonchev–Trinajstić information content (AvgIpc) is 2.51. The minimum atomic E-state index is -4.18. The number of nitro benzene ring substituents is 1. The Bertz CT molecular complexity index is 951. The quantitative estimate of drug-likeness (QED) is 0.619. The molecule has 1 atom stereocenters. The standard InChI is InChI=1S/C15H13ClF2N2O4S/c1-8-12(16)6-11(7-15(8)20(21)22)25(23,24)19-9(2)10-3-4-13(17)14(18)5-10/h3-7,9,19H,1-2H3. The molecule has 2 rings (SSSR count). The molecule has 0 aliphatic heterocycles. The van der Waals surface area contributed by atoms with Gasteiger partial charge in [-0.25, -0.2) is 21.9 Å². The minimum absolute atomic E-state index is 0.0740. The fourth-order valence-corrected chi connectivity index (χ4v) is 3.69. The Kier molecular flexibility index (Phi) is 5.40. The van der Waals surface area contributed by atoms with E-state index in [0.29, 0.717) is 0 Å². The van der Waals surface area contributed by atoms with Gasteiger partial charge in [0.25, 0.3) is 5.69 Å². The van der Waals surface area contributed by atoms with Crippen LogP contribution in [-0.2, 0) is 10.0 Å². The third-order valence-electron chi connectivity index (χ3n) is 3.57. The van der Waals surface area contributed by atoms with Crippen molar-refractivity contribution in [3.8, 4) is 0 Å².